The topological polar surface area (TPSA) is 58.6 Å². The van der Waals surface area contributed by atoms with E-state index in [9.17, 15) is 9.90 Å². The van der Waals surface area contributed by atoms with E-state index in [1.165, 1.54) is 0 Å². The van der Waals surface area contributed by atoms with E-state index in [2.05, 4.69) is 5.32 Å². The number of hydrogen-bond acceptors (Lipinski definition) is 3. The van der Waals surface area contributed by atoms with Gasteiger partial charge in [-0.1, -0.05) is 23.8 Å². The van der Waals surface area contributed by atoms with Gasteiger partial charge in [-0.3, -0.25) is 0 Å². The molecule has 0 spiro atoms. The van der Waals surface area contributed by atoms with Crippen molar-refractivity contribution in [2.45, 2.75) is 18.4 Å². The Balaban J connectivity index is 2.17. The van der Waals surface area contributed by atoms with Crippen LogP contribution in [0.3, 0.4) is 0 Å². The van der Waals surface area contributed by atoms with Gasteiger partial charge in [0.25, 0.3) is 0 Å². The fourth-order valence-electron chi connectivity index (χ4n) is 3.05. The lowest BCUT2D eigenvalue weighted by atomic mass is 9.79. The first-order valence-corrected chi connectivity index (χ1v) is 6.53. The van der Waals surface area contributed by atoms with Crippen molar-refractivity contribution in [3.8, 4) is 5.75 Å². The van der Waals surface area contributed by atoms with Gasteiger partial charge < -0.3 is 15.2 Å². The molecule has 4 nitrogen and oxygen atoms in total. The van der Waals surface area contributed by atoms with Crippen LogP contribution < -0.4 is 10.1 Å². The summed E-state index contributed by atoms with van der Waals surface area (Å²) < 4.78 is 5.31. The van der Waals surface area contributed by atoms with Crippen LogP contribution in [0.15, 0.2) is 24.3 Å². The largest absolute Gasteiger partial charge is 0.495 e. The second kappa shape index (κ2) is 4.46. The van der Waals surface area contributed by atoms with Crippen molar-refractivity contribution in [3.63, 3.8) is 0 Å². The Bertz CT molecular complexity index is 570. The van der Waals surface area contributed by atoms with E-state index in [0.717, 1.165) is 12.0 Å². The number of carbonyl (C=O) groups is 1. The number of methoxy groups -OCH3 is 1. The van der Waals surface area contributed by atoms with E-state index in [1.54, 1.807) is 19.2 Å². The van der Waals surface area contributed by atoms with E-state index in [-0.39, 0.29) is 11.8 Å². The molecule has 5 heteroatoms. The molecule has 100 valence electrons. The van der Waals surface area contributed by atoms with Crippen LogP contribution in [0.4, 0.5) is 5.69 Å². The molecule has 3 rings (SSSR count). The third-order valence-electron chi connectivity index (χ3n) is 3.91. The molecule has 0 amide bonds. The van der Waals surface area contributed by atoms with Gasteiger partial charge in [0.15, 0.2) is 0 Å². The SMILES string of the molecule is COc1ccc(Cl)c2c1N[C@H](C(=O)O)[C@H]1CC=C[C@@H]21. The molecule has 19 heavy (non-hydrogen) atoms. The normalized spacial score (nSPS) is 27.4. The van der Waals surface area contributed by atoms with Crippen LogP contribution in [0, 0.1) is 5.92 Å². The Morgan fingerprint density at radius 2 is 2.32 bits per heavy atom. The van der Waals surface area contributed by atoms with Crippen LogP contribution in [0.5, 0.6) is 5.75 Å². The Morgan fingerprint density at radius 3 is 3.00 bits per heavy atom. The van der Waals surface area contributed by atoms with Crippen molar-refractivity contribution in [2.24, 2.45) is 5.92 Å². The fourth-order valence-corrected chi connectivity index (χ4v) is 3.34. The van der Waals surface area contributed by atoms with Crippen LogP contribution >= 0.6 is 11.6 Å². The van der Waals surface area contributed by atoms with Crippen LogP contribution in [0.2, 0.25) is 5.02 Å². The average Bonchev–Trinajstić information content (AvgIpc) is 2.86. The van der Waals surface area contributed by atoms with Gasteiger partial charge >= 0.3 is 5.97 Å². The highest BCUT2D eigenvalue weighted by Crippen LogP contribution is 2.50. The summed E-state index contributed by atoms with van der Waals surface area (Å²) in [6.07, 6.45) is 4.82. The summed E-state index contributed by atoms with van der Waals surface area (Å²) in [6.45, 7) is 0. The summed E-state index contributed by atoms with van der Waals surface area (Å²) in [6, 6.07) is 2.94. The average molecular weight is 280 g/mol. The predicted octanol–water partition coefficient (Wildman–Crippen LogP) is 2.89. The zero-order valence-electron chi connectivity index (χ0n) is 10.4. The van der Waals surface area contributed by atoms with Crippen molar-refractivity contribution >= 4 is 23.3 Å². The highest BCUT2D eigenvalue weighted by molar-refractivity contribution is 6.32. The number of fused-ring (bicyclic) bond motifs is 3. The van der Waals surface area contributed by atoms with Gasteiger partial charge in [-0.25, -0.2) is 4.79 Å². The minimum atomic E-state index is -0.841. The van der Waals surface area contributed by atoms with Gasteiger partial charge in [0.05, 0.1) is 12.8 Å². The number of halogens is 1. The first-order valence-electron chi connectivity index (χ1n) is 6.16. The molecule has 0 unspecified atom stereocenters. The van der Waals surface area contributed by atoms with Gasteiger partial charge in [-0.15, -0.1) is 0 Å². The maximum atomic E-state index is 11.4. The van der Waals surface area contributed by atoms with Gasteiger partial charge in [-0.05, 0) is 18.6 Å². The lowest BCUT2D eigenvalue weighted by Crippen LogP contribution is -2.42. The minimum Gasteiger partial charge on any atom is -0.495 e. The molecule has 0 saturated carbocycles. The number of anilines is 1. The van der Waals surface area contributed by atoms with E-state index in [4.69, 9.17) is 16.3 Å². The molecule has 0 aromatic heterocycles. The third kappa shape index (κ3) is 1.78. The summed E-state index contributed by atoms with van der Waals surface area (Å²) in [7, 11) is 1.57. The Hall–Kier alpha value is -1.68. The Labute approximate surface area is 116 Å². The van der Waals surface area contributed by atoms with Crippen LogP contribution in [0.25, 0.3) is 0 Å². The lowest BCUT2D eigenvalue weighted by molar-refractivity contribution is -0.139. The van der Waals surface area contributed by atoms with Gasteiger partial charge in [0, 0.05) is 22.4 Å². The van der Waals surface area contributed by atoms with Gasteiger partial charge in [-0.2, -0.15) is 0 Å². The van der Waals surface area contributed by atoms with E-state index in [0.29, 0.717) is 16.5 Å². The predicted molar refractivity (Wildman–Crippen MR) is 73.0 cm³/mol. The number of rotatable bonds is 2. The van der Waals surface area contributed by atoms with Crippen LogP contribution in [-0.2, 0) is 4.79 Å². The Morgan fingerprint density at radius 1 is 1.53 bits per heavy atom. The Kier molecular flexibility index (Phi) is 2.90. The second-order valence-electron chi connectivity index (χ2n) is 4.85. The highest BCUT2D eigenvalue weighted by atomic mass is 35.5. The number of carboxylic acids is 1. The molecular weight excluding hydrogens is 266 g/mol. The molecule has 0 saturated heterocycles. The first-order chi connectivity index (χ1) is 9.13. The maximum absolute atomic E-state index is 11.4. The molecule has 1 aliphatic carbocycles. The van der Waals surface area contributed by atoms with Crippen LogP contribution in [0.1, 0.15) is 17.9 Å². The second-order valence-corrected chi connectivity index (χ2v) is 5.26. The monoisotopic (exact) mass is 279 g/mol. The maximum Gasteiger partial charge on any atom is 0.326 e. The molecular formula is C14H14ClNO3. The summed E-state index contributed by atoms with van der Waals surface area (Å²) in [5.74, 6) is -0.162. The molecule has 3 atom stereocenters. The number of aliphatic carboxylic acids is 1. The van der Waals surface area contributed by atoms with Gasteiger partial charge in [0.1, 0.15) is 11.8 Å². The lowest BCUT2D eigenvalue weighted by Gasteiger charge is -2.35. The number of carboxylic acid groups (broad SMARTS) is 1. The first kappa shape index (κ1) is 12.4. The molecule has 2 aliphatic rings. The third-order valence-corrected chi connectivity index (χ3v) is 4.24. The standard InChI is InChI=1S/C14H14ClNO3/c1-19-10-6-5-9(15)11-7-3-2-4-8(7)12(14(17)18)16-13(10)11/h2-3,5-8,12,16H,4H2,1H3,(H,17,18)/t7-,8+,12+/m1/s1. The minimum absolute atomic E-state index is 0.00889. The van der Waals surface area contributed by atoms with Crippen LogP contribution in [-0.4, -0.2) is 24.2 Å². The smallest absolute Gasteiger partial charge is 0.326 e. The van der Waals surface area contributed by atoms with Crippen molar-refractivity contribution in [1.29, 1.82) is 0 Å². The summed E-state index contributed by atoms with van der Waals surface area (Å²) >= 11 is 6.29. The molecule has 0 radical (unpaired) electrons. The summed E-state index contributed by atoms with van der Waals surface area (Å²) in [4.78, 5) is 11.4. The molecule has 1 aromatic rings. The highest BCUT2D eigenvalue weighted by Gasteiger charge is 2.42. The molecule has 0 fully saturated rings. The number of nitrogens with one attached hydrogen (secondary N) is 1. The van der Waals surface area contributed by atoms with Gasteiger partial charge in [0.2, 0.25) is 0 Å². The molecule has 0 bridgehead atoms. The van der Waals surface area contributed by atoms with Crippen molar-refractivity contribution in [2.75, 3.05) is 12.4 Å². The number of ether oxygens (including phenoxy) is 1. The van der Waals surface area contributed by atoms with Crippen molar-refractivity contribution in [3.05, 3.63) is 34.9 Å². The zero-order valence-corrected chi connectivity index (χ0v) is 11.1. The molecule has 1 heterocycles. The molecule has 1 aromatic carbocycles. The van der Waals surface area contributed by atoms with E-state index >= 15 is 0 Å². The van der Waals surface area contributed by atoms with E-state index in [1.807, 2.05) is 12.2 Å². The molecule has 1 aliphatic heterocycles. The summed E-state index contributed by atoms with van der Waals surface area (Å²) in [5, 5.41) is 13.1. The number of allylic oxidation sites excluding steroid dienone is 2. The van der Waals surface area contributed by atoms with Crippen molar-refractivity contribution < 1.29 is 14.6 Å². The van der Waals surface area contributed by atoms with Crippen molar-refractivity contribution in [1.82, 2.24) is 0 Å². The number of hydrogen-bond donors (Lipinski definition) is 2. The molecule has 2 N–H and O–H groups in total. The fraction of sp³-hybridized carbons (Fsp3) is 0.357. The zero-order chi connectivity index (χ0) is 13.6. The van der Waals surface area contributed by atoms with E-state index < -0.39 is 12.0 Å². The quantitative estimate of drug-likeness (QED) is 0.817. The summed E-state index contributed by atoms with van der Waals surface area (Å²) in [5.41, 5.74) is 1.65. The number of benzene rings is 1.